The lowest BCUT2D eigenvalue weighted by molar-refractivity contribution is 0.414. The maximum Gasteiger partial charge on any atom is 0.201 e. The SMILES string of the molecule is CCC(CC)Nc1cc(Nc2cc(OC)ccn2)c2nnc(C(C)C)n2n1. The highest BCUT2D eigenvalue weighted by molar-refractivity contribution is 5.75. The second-order valence-corrected chi connectivity index (χ2v) is 6.76. The summed E-state index contributed by atoms with van der Waals surface area (Å²) in [7, 11) is 1.63. The van der Waals surface area contributed by atoms with Crippen LogP contribution in [0.4, 0.5) is 17.3 Å². The van der Waals surface area contributed by atoms with Crippen LogP contribution in [-0.2, 0) is 0 Å². The first-order chi connectivity index (χ1) is 13.0. The zero-order valence-corrected chi connectivity index (χ0v) is 16.5. The average Bonchev–Trinajstić information content (AvgIpc) is 3.10. The molecule has 8 nitrogen and oxygen atoms in total. The number of anilines is 3. The van der Waals surface area contributed by atoms with E-state index in [-0.39, 0.29) is 5.92 Å². The van der Waals surface area contributed by atoms with Gasteiger partial charge in [-0.2, -0.15) is 4.52 Å². The van der Waals surface area contributed by atoms with Crippen LogP contribution in [0, 0.1) is 0 Å². The van der Waals surface area contributed by atoms with Crippen molar-refractivity contribution < 1.29 is 4.74 Å². The van der Waals surface area contributed by atoms with Crippen molar-refractivity contribution in [3.05, 3.63) is 30.2 Å². The maximum atomic E-state index is 5.28. The summed E-state index contributed by atoms with van der Waals surface area (Å²) >= 11 is 0. The highest BCUT2D eigenvalue weighted by Gasteiger charge is 2.17. The molecular weight excluding hydrogens is 342 g/mol. The van der Waals surface area contributed by atoms with Gasteiger partial charge in [-0.05, 0) is 18.9 Å². The van der Waals surface area contributed by atoms with Gasteiger partial charge in [-0.15, -0.1) is 15.3 Å². The van der Waals surface area contributed by atoms with Gasteiger partial charge < -0.3 is 15.4 Å². The van der Waals surface area contributed by atoms with Crippen molar-refractivity contribution in [3.63, 3.8) is 0 Å². The van der Waals surface area contributed by atoms with Gasteiger partial charge in [0, 0.05) is 30.3 Å². The van der Waals surface area contributed by atoms with E-state index in [2.05, 4.69) is 53.5 Å². The monoisotopic (exact) mass is 369 g/mol. The minimum Gasteiger partial charge on any atom is -0.497 e. The van der Waals surface area contributed by atoms with Gasteiger partial charge in [0.05, 0.1) is 12.8 Å². The maximum absolute atomic E-state index is 5.28. The van der Waals surface area contributed by atoms with Crippen LogP contribution in [0.25, 0.3) is 5.65 Å². The van der Waals surface area contributed by atoms with Crippen molar-refractivity contribution in [2.24, 2.45) is 0 Å². The van der Waals surface area contributed by atoms with Gasteiger partial charge in [-0.3, -0.25) is 0 Å². The molecule has 8 heteroatoms. The van der Waals surface area contributed by atoms with E-state index in [1.165, 1.54) is 0 Å². The van der Waals surface area contributed by atoms with Crippen LogP contribution in [0.2, 0.25) is 0 Å². The minimum absolute atomic E-state index is 0.207. The molecule has 0 aliphatic rings. The van der Waals surface area contributed by atoms with Crippen molar-refractivity contribution in [1.29, 1.82) is 0 Å². The fraction of sp³-hybridized carbons (Fsp3) is 0.474. The number of pyridine rings is 1. The summed E-state index contributed by atoms with van der Waals surface area (Å²) < 4.78 is 7.09. The van der Waals surface area contributed by atoms with E-state index in [1.54, 1.807) is 23.9 Å². The third kappa shape index (κ3) is 4.10. The van der Waals surface area contributed by atoms with Gasteiger partial charge in [-0.1, -0.05) is 27.7 Å². The van der Waals surface area contributed by atoms with Gasteiger partial charge in [0.15, 0.2) is 5.82 Å². The van der Waals surface area contributed by atoms with Crippen LogP contribution in [0.1, 0.15) is 52.3 Å². The summed E-state index contributed by atoms with van der Waals surface area (Å²) in [6.07, 6.45) is 3.75. The van der Waals surface area contributed by atoms with Gasteiger partial charge in [0.1, 0.15) is 17.4 Å². The second-order valence-electron chi connectivity index (χ2n) is 6.76. The number of fused-ring (bicyclic) bond motifs is 1. The van der Waals surface area contributed by atoms with Crippen LogP contribution in [-0.4, -0.2) is 37.9 Å². The Balaban J connectivity index is 2.05. The molecule has 3 aromatic heterocycles. The summed E-state index contributed by atoms with van der Waals surface area (Å²) in [6, 6.07) is 5.95. The van der Waals surface area contributed by atoms with Crippen molar-refractivity contribution in [3.8, 4) is 5.75 Å². The Hall–Kier alpha value is -2.90. The highest BCUT2D eigenvalue weighted by Crippen LogP contribution is 2.26. The summed E-state index contributed by atoms with van der Waals surface area (Å²) in [5, 5.41) is 20.2. The summed E-state index contributed by atoms with van der Waals surface area (Å²) in [5.41, 5.74) is 1.46. The van der Waals surface area contributed by atoms with E-state index in [4.69, 9.17) is 9.84 Å². The van der Waals surface area contributed by atoms with Gasteiger partial charge >= 0.3 is 0 Å². The quantitative estimate of drug-likeness (QED) is 0.620. The first-order valence-corrected chi connectivity index (χ1v) is 9.35. The molecule has 0 fully saturated rings. The second kappa shape index (κ2) is 8.20. The lowest BCUT2D eigenvalue weighted by Crippen LogP contribution is -2.19. The van der Waals surface area contributed by atoms with Crippen LogP contribution in [0.3, 0.4) is 0 Å². The van der Waals surface area contributed by atoms with E-state index in [9.17, 15) is 0 Å². The third-order valence-corrected chi connectivity index (χ3v) is 4.48. The number of hydrogen-bond acceptors (Lipinski definition) is 7. The summed E-state index contributed by atoms with van der Waals surface area (Å²) in [5.74, 6) is 3.21. The highest BCUT2D eigenvalue weighted by atomic mass is 16.5. The van der Waals surface area contributed by atoms with Gasteiger partial charge in [0.2, 0.25) is 5.65 Å². The Morgan fingerprint density at radius 3 is 2.56 bits per heavy atom. The van der Waals surface area contributed by atoms with Crippen molar-refractivity contribution >= 4 is 23.0 Å². The molecule has 0 atom stereocenters. The minimum atomic E-state index is 0.207. The molecular formula is C19H27N7O. The molecule has 0 bridgehead atoms. The molecule has 0 saturated carbocycles. The Bertz CT molecular complexity index is 902. The standard InChI is InChI=1S/C19H27N7O/c1-6-13(7-2)21-17-11-15(22-16-10-14(27-5)8-9-20-16)19-24-23-18(12(3)4)26(19)25-17/h8-13H,6-7H2,1-5H3,(H,20,22)(H,21,25). The van der Waals surface area contributed by atoms with E-state index < -0.39 is 0 Å². The van der Waals surface area contributed by atoms with E-state index in [0.29, 0.717) is 17.5 Å². The molecule has 3 rings (SSSR count). The molecule has 3 aromatic rings. The number of hydrogen-bond donors (Lipinski definition) is 2. The van der Waals surface area contributed by atoms with Crippen LogP contribution in [0.15, 0.2) is 24.4 Å². The normalized spacial score (nSPS) is 11.4. The number of nitrogens with zero attached hydrogens (tertiary/aromatic N) is 5. The van der Waals surface area contributed by atoms with E-state index >= 15 is 0 Å². The molecule has 0 aliphatic heterocycles. The molecule has 27 heavy (non-hydrogen) atoms. The largest absolute Gasteiger partial charge is 0.497 e. The first kappa shape index (κ1) is 18.9. The summed E-state index contributed by atoms with van der Waals surface area (Å²) in [4.78, 5) is 4.36. The zero-order chi connectivity index (χ0) is 19.4. The van der Waals surface area contributed by atoms with E-state index in [0.717, 1.165) is 35.9 Å². The Labute approximate surface area is 159 Å². The lowest BCUT2D eigenvalue weighted by atomic mass is 10.2. The topological polar surface area (TPSA) is 89.3 Å². The smallest absolute Gasteiger partial charge is 0.201 e. The number of methoxy groups -OCH3 is 1. The fourth-order valence-electron chi connectivity index (χ4n) is 2.87. The third-order valence-electron chi connectivity index (χ3n) is 4.48. The van der Waals surface area contributed by atoms with Crippen LogP contribution >= 0.6 is 0 Å². The van der Waals surface area contributed by atoms with Crippen molar-refractivity contribution in [2.45, 2.75) is 52.5 Å². The molecule has 0 spiro atoms. The first-order valence-electron chi connectivity index (χ1n) is 9.35. The Morgan fingerprint density at radius 2 is 1.89 bits per heavy atom. The van der Waals surface area contributed by atoms with Gasteiger partial charge in [0.25, 0.3) is 0 Å². The Morgan fingerprint density at radius 1 is 1.11 bits per heavy atom. The number of aromatic nitrogens is 5. The zero-order valence-electron chi connectivity index (χ0n) is 16.5. The molecule has 0 amide bonds. The average molecular weight is 369 g/mol. The lowest BCUT2D eigenvalue weighted by Gasteiger charge is -2.17. The van der Waals surface area contributed by atoms with Crippen LogP contribution in [0.5, 0.6) is 5.75 Å². The Kier molecular flexibility index (Phi) is 5.73. The molecule has 3 heterocycles. The molecule has 0 unspecified atom stereocenters. The number of ether oxygens (including phenoxy) is 1. The predicted octanol–water partition coefficient (Wildman–Crippen LogP) is 4.00. The molecule has 0 aromatic carbocycles. The predicted molar refractivity (Wildman–Crippen MR) is 107 cm³/mol. The molecule has 144 valence electrons. The summed E-state index contributed by atoms with van der Waals surface area (Å²) in [6.45, 7) is 8.49. The van der Waals surface area contributed by atoms with Crippen molar-refractivity contribution in [2.75, 3.05) is 17.7 Å². The molecule has 0 radical (unpaired) electrons. The fourth-order valence-corrected chi connectivity index (χ4v) is 2.87. The number of nitrogens with one attached hydrogen (secondary N) is 2. The molecule has 0 saturated heterocycles. The van der Waals surface area contributed by atoms with Crippen LogP contribution < -0.4 is 15.4 Å². The molecule has 0 aliphatic carbocycles. The van der Waals surface area contributed by atoms with Gasteiger partial charge in [-0.25, -0.2) is 4.98 Å². The van der Waals surface area contributed by atoms with E-state index in [1.807, 2.05) is 12.1 Å². The number of rotatable bonds is 8. The molecule has 2 N–H and O–H groups in total. The van der Waals surface area contributed by atoms with Crippen molar-refractivity contribution in [1.82, 2.24) is 24.8 Å².